The van der Waals surface area contributed by atoms with E-state index in [1.165, 1.54) is 17.2 Å². The summed E-state index contributed by atoms with van der Waals surface area (Å²) in [7, 11) is 0. The summed E-state index contributed by atoms with van der Waals surface area (Å²) in [5, 5.41) is 11.0. The lowest BCUT2D eigenvalue weighted by molar-refractivity contribution is -0.131. The molecule has 1 aromatic heterocycles. The van der Waals surface area contributed by atoms with E-state index in [0.29, 0.717) is 12.2 Å². The van der Waals surface area contributed by atoms with E-state index in [0.717, 1.165) is 41.0 Å². The molecule has 3 nitrogen and oxygen atoms in total. The SMILES string of the molecule is CCCOc1c(-c2ccsc2/C=C/C(C)=C/C(=O)O)cc(CCC)cc1C(C)(C)C. The van der Waals surface area contributed by atoms with Crippen LogP contribution in [-0.2, 0) is 16.6 Å². The molecule has 0 amide bonds. The smallest absolute Gasteiger partial charge is 0.328 e. The van der Waals surface area contributed by atoms with Crippen molar-refractivity contribution < 1.29 is 14.6 Å². The third-order valence-electron chi connectivity index (χ3n) is 4.78. The number of carbonyl (C=O) groups is 1. The van der Waals surface area contributed by atoms with E-state index < -0.39 is 5.97 Å². The molecule has 162 valence electrons. The summed E-state index contributed by atoms with van der Waals surface area (Å²) in [5.74, 6) is 0.0379. The zero-order valence-electron chi connectivity index (χ0n) is 19.0. The number of hydrogen-bond acceptors (Lipinski definition) is 3. The minimum absolute atomic E-state index is 0.0333. The Labute approximate surface area is 185 Å². The van der Waals surface area contributed by atoms with Gasteiger partial charge in [-0.3, -0.25) is 0 Å². The second-order valence-corrected chi connectivity index (χ2v) is 9.57. The Morgan fingerprint density at radius 1 is 1.17 bits per heavy atom. The van der Waals surface area contributed by atoms with Crippen LogP contribution in [0, 0.1) is 0 Å². The van der Waals surface area contributed by atoms with Crippen LogP contribution in [0.25, 0.3) is 17.2 Å². The van der Waals surface area contributed by atoms with Crippen LogP contribution in [0.15, 0.2) is 41.3 Å². The third-order valence-corrected chi connectivity index (χ3v) is 5.66. The highest BCUT2D eigenvalue weighted by Crippen LogP contribution is 2.43. The number of benzene rings is 1. The van der Waals surface area contributed by atoms with Gasteiger partial charge in [-0.05, 0) is 59.9 Å². The van der Waals surface area contributed by atoms with Gasteiger partial charge in [0.25, 0.3) is 0 Å². The number of carboxylic acids is 1. The molecular weight excluding hydrogens is 392 g/mol. The van der Waals surface area contributed by atoms with Gasteiger partial charge in [0.1, 0.15) is 5.75 Å². The van der Waals surface area contributed by atoms with E-state index in [-0.39, 0.29) is 5.41 Å². The molecule has 2 rings (SSSR count). The van der Waals surface area contributed by atoms with E-state index in [1.807, 2.05) is 12.2 Å². The maximum atomic E-state index is 10.9. The number of carboxylic acid groups (broad SMARTS) is 1. The van der Waals surface area contributed by atoms with Crippen molar-refractivity contribution in [1.82, 2.24) is 0 Å². The number of hydrogen-bond donors (Lipinski definition) is 1. The van der Waals surface area contributed by atoms with Gasteiger partial charge in [-0.2, -0.15) is 0 Å². The fourth-order valence-electron chi connectivity index (χ4n) is 3.36. The molecule has 1 heterocycles. The second-order valence-electron chi connectivity index (χ2n) is 8.63. The summed E-state index contributed by atoms with van der Waals surface area (Å²) in [4.78, 5) is 12.0. The van der Waals surface area contributed by atoms with Crippen LogP contribution in [-0.4, -0.2) is 17.7 Å². The van der Waals surface area contributed by atoms with Gasteiger partial charge < -0.3 is 9.84 Å². The van der Waals surface area contributed by atoms with Crippen molar-refractivity contribution in [2.24, 2.45) is 0 Å². The summed E-state index contributed by atoms with van der Waals surface area (Å²) < 4.78 is 6.33. The van der Waals surface area contributed by atoms with Gasteiger partial charge in [-0.1, -0.05) is 53.2 Å². The highest BCUT2D eigenvalue weighted by atomic mass is 32.1. The second kappa shape index (κ2) is 10.6. The fraction of sp³-hybridized carbons (Fsp3) is 0.423. The first-order valence-electron chi connectivity index (χ1n) is 10.6. The molecule has 0 saturated carbocycles. The molecule has 0 aliphatic heterocycles. The molecule has 0 fully saturated rings. The minimum atomic E-state index is -0.930. The van der Waals surface area contributed by atoms with Crippen molar-refractivity contribution in [3.63, 3.8) is 0 Å². The quantitative estimate of drug-likeness (QED) is 0.333. The van der Waals surface area contributed by atoms with E-state index in [1.54, 1.807) is 18.3 Å². The molecule has 0 saturated heterocycles. The first-order chi connectivity index (χ1) is 14.2. The molecule has 4 heteroatoms. The lowest BCUT2D eigenvalue weighted by Crippen LogP contribution is -2.15. The molecule has 1 N–H and O–H groups in total. The van der Waals surface area contributed by atoms with Gasteiger partial charge in [0.05, 0.1) is 6.61 Å². The predicted molar refractivity (Wildman–Crippen MR) is 129 cm³/mol. The number of aryl methyl sites for hydroxylation is 1. The number of rotatable bonds is 9. The van der Waals surface area contributed by atoms with E-state index >= 15 is 0 Å². The Morgan fingerprint density at radius 2 is 1.90 bits per heavy atom. The first-order valence-corrected chi connectivity index (χ1v) is 11.5. The monoisotopic (exact) mass is 426 g/mol. The standard InChI is InChI=1S/C26H34O3S/c1-7-9-19-16-21(25(29-13-8-2)22(17-19)26(4,5)6)20-12-14-30-23(20)11-10-18(3)15-24(27)28/h10-12,14-17H,7-9,13H2,1-6H3,(H,27,28)/b11-10+,18-15+. The molecule has 0 aliphatic carbocycles. The minimum Gasteiger partial charge on any atom is -0.493 e. The lowest BCUT2D eigenvalue weighted by atomic mass is 9.82. The van der Waals surface area contributed by atoms with E-state index in [2.05, 4.69) is 58.2 Å². The number of ether oxygens (including phenoxy) is 1. The van der Waals surface area contributed by atoms with Crippen LogP contribution in [0.4, 0.5) is 0 Å². The number of allylic oxidation sites excluding steroid dienone is 2. The van der Waals surface area contributed by atoms with E-state index in [4.69, 9.17) is 9.84 Å². The van der Waals surface area contributed by atoms with Crippen molar-refractivity contribution in [3.05, 3.63) is 57.3 Å². The Balaban J connectivity index is 2.65. The molecule has 0 bridgehead atoms. The largest absolute Gasteiger partial charge is 0.493 e. The first kappa shape index (κ1) is 23.9. The van der Waals surface area contributed by atoms with Crippen LogP contribution < -0.4 is 4.74 Å². The molecule has 0 atom stereocenters. The van der Waals surface area contributed by atoms with E-state index in [9.17, 15) is 4.79 Å². The summed E-state index contributed by atoms with van der Waals surface area (Å²) in [5.41, 5.74) is 5.49. The van der Waals surface area contributed by atoms with Crippen molar-refractivity contribution in [3.8, 4) is 16.9 Å². The highest BCUT2D eigenvalue weighted by Gasteiger charge is 2.24. The average Bonchev–Trinajstić information content (AvgIpc) is 3.12. The Bertz CT molecular complexity index is 926. The molecule has 30 heavy (non-hydrogen) atoms. The lowest BCUT2D eigenvalue weighted by Gasteiger charge is -2.26. The van der Waals surface area contributed by atoms with Gasteiger partial charge >= 0.3 is 5.97 Å². The molecule has 0 radical (unpaired) electrons. The molecule has 1 aromatic carbocycles. The van der Waals surface area contributed by atoms with Crippen molar-refractivity contribution in [2.75, 3.05) is 6.61 Å². The van der Waals surface area contributed by atoms with Gasteiger partial charge in [-0.15, -0.1) is 11.3 Å². The molecule has 0 aliphatic rings. The van der Waals surface area contributed by atoms with Crippen LogP contribution in [0.3, 0.4) is 0 Å². The summed E-state index contributed by atoms with van der Waals surface area (Å²) in [6.07, 6.45) is 8.15. The molecule has 0 spiro atoms. The maximum absolute atomic E-state index is 10.9. The fourth-order valence-corrected chi connectivity index (χ4v) is 4.16. The van der Waals surface area contributed by atoms with Crippen molar-refractivity contribution in [2.45, 2.75) is 66.2 Å². The summed E-state index contributed by atoms with van der Waals surface area (Å²) >= 11 is 1.65. The molecular formula is C26H34O3S. The Morgan fingerprint density at radius 3 is 2.50 bits per heavy atom. The summed E-state index contributed by atoms with van der Waals surface area (Å²) in [6, 6.07) is 6.71. The van der Waals surface area contributed by atoms with Gasteiger partial charge in [0.15, 0.2) is 0 Å². The average molecular weight is 427 g/mol. The normalized spacial score (nSPS) is 12.5. The predicted octanol–water partition coefficient (Wildman–Crippen LogP) is 7.50. The van der Waals surface area contributed by atoms with Gasteiger partial charge in [-0.25, -0.2) is 4.79 Å². The molecule has 2 aromatic rings. The van der Waals surface area contributed by atoms with Gasteiger partial charge in [0.2, 0.25) is 0 Å². The topological polar surface area (TPSA) is 46.5 Å². The van der Waals surface area contributed by atoms with Crippen molar-refractivity contribution >= 4 is 23.4 Å². The third kappa shape index (κ3) is 6.33. The molecule has 0 unspecified atom stereocenters. The highest BCUT2D eigenvalue weighted by molar-refractivity contribution is 7.11. The maximum Gasteiger partial charge on any atom is 0.328 e. The van der Waals surface area contributed by atoms with Gasteiger partial charge in [0, 0.05) is 27.6 Å². The Hall–Kier alpha value is -2.33. The summed E-state index contributed by atoms with van der Waals surface area (Å²) in [6.45, 7) is 13.5. The zero-order valence-corrected chi connectivity index (χ0v) is 19.9. The number of aliphatic carboxylic acids is 1. The van der Waals surface area contributed by atoms with Crippen LogP contribution in [0.1, 0.15) is 70.4 Å². The van der Waals surface area contributed by atoms with Crippen molar-refractivity contribution in [1.29, 1.82) is 0 Å². The number of thiophene rings is 1. The van der Waals surface area contributed by atoms with Crippen LogP contribution in [0.5, 0.6) is 5.75 Å². The van der Waals surface area contributed by atoms with Crippen LogP contribution in [0.2, 0.25) is 0 Å². The van der Waals surface area contributed by atoms with Crippen LogP contribution >= 0.6 is 11.3 Å². The zero-order chi connectivity index (χ0) is 22.3. The Kier molecular flexibility index (Phi) is 8.48.